The van der Waals surface area contributed by atoms with Crippen LogP contribution in [0, 0.1) is 5.92 Å². The minimum absolute atomic E-state index is 0.122. The minimum Gasteiger partial charge on any atom is -0.497 e. The molecule has 7 nitrogen and oxygen atoms in total. The molecule has 0 unspecified atom stereocenters. The minimum atomic E-state index is -1.58. The Morgan fingerprint density at radius 3 is 2.36 bits per heavy atom. The van der Waals surface area contributed by atoms with E-state index in [1.807, 2.05) is 32.0 Å². The maximum absolute atomic E-state index is 13.0. The van der Waals surface area contributed by atoms with Gasteiger partial charge in [0.2, 0.25) is 5.54 Å². The Labute approximate surface area is 164 Å². The lowest BCUT2D eigenvalue weighted by Gasteiger charge is -2.39. The van der Waals surface area contributed by atoms with E-state index in [4.69, 9.17) is 14.2 Å². The van der Waals surface area contributed by atoms with Gasteiger partial charge >= 0.3 is 11.9 Å². The van der Waals surface area contributed by atoms with Crippen molar-refractivity contribution in [1.82, 2.24) is 10.3 Å². The predicted octanol–water partition coefficient (Wildman–Crippen LogP) is 2.88. The van der Waals surface area contributed by atoms with Gasteiger partial charge in [-0.1, -0.05) is 13.8 Å². The van der Waals surface area contributed by atoms with Crippen molar-refractivity contribution < 1.29 is 23.8 Å². The van der Waals surface area contributed by atoms with Crippen molar-refractivity contribution in [3.8, 4) is 5.75 Å². The summed E-state index contributed by atoms with van der Waals surface area (Å²) in [4.78, 5) is 29.4. The van der Waals surface area contributed by atoms with E-state index in [1.54, 1.807) is 21.0 Å². The number of rotatable bonds is 6. The number of methoxy groups -OCH3 is 1. The van der Waals surface area contributed by atoms with Crippen LogP contribution in [0.3, 0.4) is 0 Å². The first kappa shape index (κ1) is 20.2. The highest BCUT2D eigenvalue weighted by molar-refractivity contribution is 6.06. The predicted molar refractivity (Wildman–Crippen MR) is 105 cm³/mol. The third-order valence-electron chi connectivity index (χ3n) is 5.22. The van der Waals surface area contributed by atoms with Crippen LogP contribution in [0.5, 0.6) is 5.75 Å². The monoisotopic (exact) mass is 388 g/mol. The summed E-state index contributed by atoms with van der Waals surface area (Å²) in [7, 11) is 1.61. The lowest BCUT2D eigenvalue weighted by atomic mass is 9.80. The number of aromatic nitrogens is 1. The average molecular weight is 388 g/mol. The summed E-state index contributed by atoms with van der Waals surface area (Å²) >= 11 is 0. The van der Waals surface area contributed by atoms with Crippen LogP contribution in [0.2, 0.25) is 0 Å². The van der Waals surface area contributed by atoms with Gasteiger partial charge in [-0.3, -0.25) is 5.32 Å². The standard InChI is InChI=1S/C21H28N2O5/c1-6-27-19(24)21(20(25)28-7-2)11-15-14-10-13(26-5)8-9-16(14)22-18(15)17(23-21)12(3)4/h8-10,12,17,22-23H,6-7,11H2,1-5H3/t17-/m1/s1. The van der Waals surface area contributed by atoms with Gasteiger partial charge < -0.3 is 19.2 Å². The quantitative estimate of drug-likeness (QED) is 0.584. The van der Waals surface area contributed by atoms with Crippen LogP contribution < -0.4 is 10.1 Å². The number of carbonyl (C=O) groups excluding carboxylic acids is 2. The first-order valence-corrected chi connectivity index (χ1v) is 9.68. The highest BCUT2D eigenvalue weighted by Crippen LogP contribution is 2.40. The third kappa shape index (κ3) is 3.24. The van der Waals surface area contributed by atoms with Crippen LogP contribution >= 0.6 is 0 Å². The molecule has 7 heteroatoms. The number of nitrogens with one attached hydrogen (secondary N) is 2. The molecule has 0 amide bonds. The van der Waals surface area contributed by atoms with Crippen LogP contribution in [-0.4, -0.2) is 42.8 Å². The van der Waals surface area contributed by atoms with E-state index in [9.17, 15) is 9.59 Å². The molecule has 0 bridgehead atoms. The van der Waals surface area contributed by atoms with Crippen LogP contribution in [0.25, 0.3) is 10.9 Å². The largest absolute Gasteiger partial charge is 0.497 e. The number of ether oxygens (including phenoxy) is 3. The topological polar surface area (TPSA) is 89.7 Å². The second kappa shape index (κ2) is 7.83. The maximum atomic E-state index is 13.0. The fourth-order valence-corrected chi connectivity index (χ4v) is 3.84. The Morgan fingerprint density at radius 2 is 1.82 bits per heavy atom. The number of H-pyrrole nitrogens is 1. The molecule has 1 aliphatic heterocycles. The average Bonchev–Trinajstić information content (AvgIpc) is 3.04. The van der Waals surface area contributed by atoms with E-state index < -0.39 is 17.5 Å². The second-order valence-corrected chi connectivity index (χ2v) is 7.32. The Morgan fingerprint density at radius 1 is 1.18 bits per heavy atom. The van der Waals surface area contributed by atoms with Crippen molar-refractivity contribution in [2.75, 3.05) is 20.3 Å². The summed E-state index contributed by atoms with van der Waals surface area (Å²) in [6.45, 7) is 7.90. The smallest absolute Gasteiger partial charge is 0.338 e. The van der Waals surface area contributed by atoms with Gasteiger partial charge in [-0.2, -0.15) is 0 Å². The van der Waals surface area contributed by atoms with Crippen LogP contribution in [0.1, 0.15) is 45.0 Å². The number of fused-ring (bicyclic) bond motifs is 3. The van der Waals surface area contributed by atoms with Gasteiger partial charge in [0.05, 0.1) is 26.4 Å². The first-order chi connectivity index (χ1) is 13.4. The third-order valence-corrected chi connectivity index (χ3v) is 5.22. The summed E-state index contributed by atoms with van der Waals surface area (Å²) in [5, 5.41) is 4.20. The molecule has 2 N–H and O–H groups in total. The van der Waals surface area contributed by atoms with Crippen molar-refractivity contribution in [2.45, 2.75) is 45.7 Å². The summed E-state index contributed by atoms with van der Waals surface area (Å²) in [5.41, 5.74) is 1.24. The molecule has 0 saturated heterocycles. The number of esters is 2. The van der Waals surface area contributed by atoms with Gasteiger partial charge in [0.15, 0.2) is 0 Å². The number of carbonyl (C=O) groups is 2. The molecular weight excluding hydrogens is 360 g/mol. The highest BCUT2D eigenvalue weighted by atomic mass is 16.6. The summed E-state index contributed by atoms with van der Waals surface area (Å²) in [6.07, 6.45) is 0.149. The molecule has 0 spiro atoms. The number of hydrogen-bond acceptors (Lipinski definition) is 6. The molecule has 1 aliphatic rings. The molecule has 0 fully saturated rings. The molecule has 152 valence electrons. The molecule has 1 aromatic carbocycles. The van der Waals surface area contributed by atoms with Gasteiger partial charge in [-0.25, -0.2) is 9.59 Å². The lowest BCUT2D eigenvalue weighted by Crippen LogP contribution is -2.64. The zero-order valence-corrected chi connectivity index (χ0v) is 17.0. The molecule has 28 heavy (non-hydrogen) atoms. The summed E-state index contributed by atoms with van der Waals surface area (Å²) < 4.78 is 16.0. The number of hydrogen-bond donors (Lipinski definition) is 2. The molecule has 3 rings (SSSR count). The van der Waals surface area contributed by atoms with Gasteiger partial charge in [0.1, 0.15) is 5.75 Å². The van der Waals surface area contributed by atoms with Crippen LogP contribution in [0.15, 0.2) is 18.2 Å². The molecular formula is C21H28N2O5. The van der Waals surface area contributed by atoms with Gasteiger partial charge in [-0.15, -0.1) is 0 Å². The SMILES string of the molecule is CCOC(=O)C1(C(=O)OCC)Cc2c([nH]c3ccc(OC)cc23)[C@@H](C(C)C)N1. The summed E-state index contributed by atoms with van der Waals surface area (Å²) in [5.74, 6) is -0.381. The van der Waals surface area contributed by atoms with E-state index in [0.29, 0.717) is 5.75 Å². The zero-order valence-electron chi connectivity index (χ0n) is 17.0. The fraction of sp³-hybridized carbons (Fsp3) is 0.524. The lowest BCUT2D eigenvalue weighted by molar-refractivity contribution is -0.167. The van der Waals surface area contributed by atoms with Crippen molar-refractivity contribution in [3.63, 3.8) is 0 Å². The summed E-state index contributed by atoms with van der Waals surface area (Å²) in [6, 6.07) is 5.51. The molecule has 2 heterocycles. The molecule has 0 saturated carbocycles. The normalized spacial score (nSPS) is 18.0. The van der Waals surface area contributed by atoms with Crippen molar-refractivity contribution in [2.24, 2.45) is 5.92 Å². The van der Waals surface area contributed by atoms with E-state index in [2.05, 4.69) is 10.3 Å². The molecule has 0 aliphatic carbocycles. The van der Waals surface area contributed by atoms with Crippen molar-refractivity contribution >= 4 is 22.8 Å². The Kier molecular flexibility index (Phi) is 5.65. The van der Waals surface area contributed by atoms with Gasteiger partial charge in [0.25, 0.3) is 0 Å². The molecule has 0 radical (unpaired) electrons. The fourth-order valence-electron chi connectivity index (χ4n) is 3.84. The van der Waals surface area contributed by atoms with E-state index in [-0.39, 0.29) is 31.6 Å². The maximum Gasteiger partial charge on any atom is 0.338 e. The van der Waals surface area contributed by atoms with Crippen molar-refractivity contribution in [1.29, 1.82) is 0 Å². The van der Waals surface area contributed by atoms with Crippen LogP contribution in [0.4, 0.5) is 0 Å². The Bertz CT molecular complexity index is 868. The highest BCUT2D eigenvalue weighted by Gasteiger charge is 2.54. The number of benzene rings is 1. The zero-order chi connectivity index (χ0) is 20.5. The first-order valence-electron chi connectivity index (χ1n) is 9.68. The second-order valence-electron chi connectivity index (χ2n) is 7.32. The van der Waals surface area contributed by atoms with E-state index in [0.717, 1.165) is 22.2 Å². The van der Waals surface area contributed by atoms with E-state index >= 15 is 0 Å². The Balaban J connectivity index is 2.21. The molecule has 1 atom stereocenters. The van der Waals surface area contributed by atoms with Crippen molar-refractivity contribution in [3.05, 3.63) is 29.5 Å². The van der Waals surface area contributed by atoms with Crippen LogP contribution in [-0.2, 0) is 25.5 Å². The number of aromatic amines is 1. The van der Waals surface area contributed by atoms with Gasteiger partial charge in [0, 0.05) is 23.0 Å². The Hall–Kier alpha value is -2.54. The molecule has 1 aromatic heterocycles. The van der Waals surface area contributed by atoms with E-state index in [1.165, 1.54) is 0 Å². The van der Waals surface area contributed by atoms with Gasteiger partial charge in [-0.05, 0) is 43.5 Å². The molecule has 2 aromatic rings.